The van der Waals surface area contributed by atoms with Crippen molar-refractivity contribution in [2.75, 3.05) is 0 Å². The summed E-state index contributed by atoms with van der Waals surface area (Å²) in [5.41, 5.74) is 1.02. The fourth-order valence-electron chi connectivity index (χ4n) is 2.58. The molecule has 0 fully saturated rings. The Morgan fingerprint density at radius 1 is 0.500 bits per heavy atom. The maximum atomic E-state index is 12.5. The minimum Gasteiger partial charge on any atom is -0.289 e. The number of nitro groups is 2. The molecule has 0 aliphatic heterocycles. The Labute approximate surface area is 158 Å². The number of ketones is 2. The fraction of sp³-hybridized carbons (Fsp3) is 0. The third kappa shape index (κ3) is 3.80. The largest absolute Gasteiger partial charge is 0.289 e. The van der Waals surface area contributed by atoms with Crippen molar-refractivity contribution in [3.8, 4) is 0 Å². The first-order chi connectivity index (χ1) is 13.4. The van der Waals surface area contributed by atoms with E-state index < -0.39 is 9.85 Å². The van der Waals surface area contributed by atoms with Crippen molar-refractivity contribution in [2.24, 2.45) is 0 Å². The molecule has 0 aromatic heterocycles. The van der Waals surface area contributed by atoms with Gasteiger partial charge < -0.3 is 0 Å². The number of rotatable bonds is 6. The Hall–Kier alpha value is -4.20. The molecule has 28 heavy (non-hydrogen) atoms. The second kappa shape index (κ2) is 7.58. The number of hydrogen-bond donors (Lipinski definition) is 0. The summed E-state index contributed by atoms with van der Waals surface area (Å²) in [4.78, 5) is 45.2. The minimum absolute atomic E-state index is 0.111. The lowest BCUT2D eigenvalue weighted by molar-refractivity contribution is -0.385. The lowest BCUT2D eigenvalue weighted by Gasteiger charge is -2.04. The highest BCUT2D eigenvalue weighted by atomic mass is 16.6. The van der Waals surface area contributed by atoms with Crippen LogP contribution in [-0.4, -0.2) is 21.4 Å². The molecule has 8 heteroatoms. The van der Waals surface area contributed by atoms with Gasteiger partial charge in [0.05, 0.1) is 9.85 Å². The molecule has 0 saturated heterocycles. The van der Waals surface area contributed by atoms with Crippen molar-refractivity contribution in [3.05, 3.63) is 115 Å². The Balaban J connectivity index is 1.78. The molecule has 0 heterocycles. The second-order valence-corrected chi connectivity index (χ2v) is 5.84. The van der Waals surface area contributed by atoms with Gasteiger partial charge in [0, 0.05) is 46.5 Å². The summed E-state index contributed by atoms with van der Waals surface area (Å²) >= 11 is 0. The molecule has 0 bridgehead atoms. The van der Waals surface area contributed by atoms with Gasteiger partial charge in [-0.15, -0.1) is 0 Å². The molecule has 0 amide bonds. The van der Waals surface area contributed by atoms with E-state index in [0.29, 0.717) is 22.3 Å². The predicted octanol–water partition coefficient (Wildman–Crippen LogP) is 3.97. The van der Waals surface area contributed by atoms with Gasteiger partial charge in [-0.3, -0.25) is 29.8 Å². The van der Waals surface area contributed by atoms with E-state index >= 15 is 0 Å². The van der Waals surface area contributed by atoms with Crippen molar-refractivity contribution in [3.63, 3.8) is 0 Å². The minimum atomic E-state index is -0.549. The average Bonchev–Trinajstić information content (AvgIpc) is 2.73. The Morgan fingerprint density at radius 3 is 0.929 bits per heavy atom. The van der Waals surface area contributed by atoms with Crippen molar-refractivity contribution in [1.82, 2.24) is 0 Å². The number of non-ortho nitro benzene ring substituents is 2. The van der Waals surface area contributed by atoms with E-state index in [2.05, 4.69) is 0 Å². The van der Waals surface area contributed by atoms with Gasteiger partial charge in [0.2, 0.25) is 0 Å². The van der Waals surface area contributed by atoms with Crippen LogP contribution in [0.4, 0.5) is 11.4 Å². The zero-order chi connectivity index (χ0) is 20.3. The van der Waals surface area contributed by atoms with Gasteiger partial charge >= 0.3 is 0 Å². The first kappa shape index (κ1) is 18.6. The summed E-state index contributed by atoms with van der Waals surface area (Å²) in [6, 6.07) is 16.4. The summed E-state index contributed by atoms with van der Waals surface area (Å²) < 4.78 is 0. The molecule has 3 aromatic carbocycles. The first-order valence-electron chi connectivity index (χ1n) is 8.05. The van der Waals surface area contributed by atoms with Gasteiger partial charge in [0.1, 0.15) is 0 Å². The van der Waals surface area contributed by atoms with E-state index in [1.54, 1.807) is 0 Å². The summed E-state index contributed by atoms with van der Waals surface area (Å²) in [6.07, 6.45) is 0. The highest BCUT2D eigenvalue weighted by molar-refractivity contribution is 6.11. The molecule has 0 unspecified atom stereocenters. The first-order valence-corrected chi connectivity index (χ1v) is 8.05. The highest BCUT2D eigenvalue weighted by Crippen LogP contribution is 2.18. The molecule has 0 saturated carbocycles. The molecule has 0 radical (unpaired) electrons. The van der Waals surface area contributed by atoms with Crippen molar-refractivity contribution in [1.29, 1.82) is 0 Å². The van der Waals surface area contributed by atoms with Crippen LogP contribution in [-0.2, 0) is 0 Å². The lowest BCUT2D eigenvalue weighted by atomic mass is 9.98. The van der Waals surface area contributed by atoms with E-state index in [0.717, 1.165) is 0 Å². The van der Waals surface area contributed by atoms with Crippen LogP contribution >= 0.6 is 0 Å². The molecular formula is C20H12N2O6. The predicted molar refractivity (Wildman–Crippen MR) is 99.5 cm³/mol. The third-order valence-corrected chi connectivity index (χ3v) is 4.09. The fourth-order valence-corrected chi connectivity index (χ4v) is 2.58. The van der Waals surface area contributed by atoms with Crippen LogP contribution in [0.2, 0.25) is 0 Å². The lowest BCUT2D eigenvalue weighted by Crippen LogP contribution is -2.04. The quantitative estimate of drug-likeness (QED) is 0.365. The van der Waals surface area contributed by atoms with Crippen LogP contribution in [0.1, 0.15) is 31.8 Å². The van der Waals surface area contributed by atoms with Crippen molar-refractivity contribution in [2.45, 2.75) is 0 Å². The molecule has 0 atom stereocenters. The van der Waals surface area contributed by atoms with E-state index in [-0.39, 0.29) is 22.9 Å². The summed E-state index contributed by atoms with van der Waals surface area (Å²) in [5, 5.41) is 21.4. The third-order valence-electron chi connectivity index (χ3n) is 4.09. The van der Waals surface area contributed by atoms with Gasteiger partial charge in [-0.1, -0.05) is 24.3 Å². The molecule has 138 valence electrons. The summed E-state index contributed by atoms with van der Waals surface area (Å²) in [5.74, 6) is -0.659. The Kier molecular flexibility index (Phi) is 5.03. The van der Waals surface area contributed by atoms with Crippen LogP contribution in [0.3, 0.4) is 0 Å². The van der Waals surface area contributed by atoms with E-state index in [1.807, 2.05) is 0 Å². The Morgan fingerprint density at radius 2 is 0.714 bits per heavy atom. The van der Waals surface area contributed by atoms with Gasteiger partial charge in [0.25, 0.3) is 11.4 Å². The molecular weight excluding hydrogens is 364 g/mol. The van der Waals surface area contributed by atoms with Crippen LogP contribution < -0.4 is 0 Å². The van der Waals surface area contributed by atoms with Crippen LogP contribution in [0.15, 0.2) is 72.8 Å². The normalized spacial score (nSPS) is 10.3. The standard InChI is InChI=1S/C20H12N2O6/c23-19(15-5-9-17(10-6-15)21(25)26)13-1-2-14(4-3-13)20(24)16-7-11-18(12-8-16)22(27)28/h1-12H. The van der Waals surface area contributed by atoms with E-state index in [9.17, 15) is 29.8 Å². The molecule has 0 aliphatic rings. The Bertz CT molecular complexity index is 983. The van der Waals surface area contributed by atoms with Crippen molar-refractivity contribution < 1.29 is 19.4 Å². The molecule has 3 rings (SSSR count). The maximum absolute atomic E-state index is 12.5. The van der Waals surface area contributed by atoms with Crippen LogP contribution in [0.5, 0.6) is 0 Å². The number of carbonyl (C=O) groups is 2. The van der Waals surface area contributed by atoms with Gasteiger partial charge in [-0.05, 0) is 24.3 Å². The number of benzene rings is 3. The molecule has 0 N–H and O–H groups in total. The zero-order valence-corrected chi connectivity index (χ0v) is 14.3. The molecule has 0 spiro atoms. The number of nitrogens with zero attached hydrogens (tertiary/aromatic N) is 2. The van der Waals surface area contributed by atoms with Crippen LogP contribution in [0.25, 0.3) is 0 Å². The number of carbonyl (C=O) groups excluding carboxylic acids is 2. The summed E-state index contributed by atoms with van der Waals surface area (Å²) in [7, 11) is 0. The van der Waals surface area contributed by atoms with Crippen molar-refractivity contribution >= 4 is 22.9 Å². The topological polar surface area (TPSA) is 120 Å². The van der Waals surface area contributed by atoms with Gasteiger partial charge in [-0.25, -0.2) is 0 Å². The van der Waals surface area contributed by atoms with E-state index in [1.165, 1.54) is 72.8 Å². The molecule has 8 nitrogen and oxygen atoms in total. The average molecular weight is 376 g/mol. The summed E-state index contributed by atoms with van der Waals surface area (Å²) in [6.45, 7) is 0. The number of hydrogen-bond acceptors (Lipinski definition) is 6. The molecule has 0 aliphatic carbocycles. The molecule has 3 aromatic rings. The van der Waals surface area contributed by atoms with E-state index in [4.69, 9.17) is 0 Å². The van der Waals surface area contributed by atoms with Gasteiger partial charge in [0.15, 0.2) is 11.6 Å². The SMILES string of the molecule is O=C(c1ccc(C(=O)c2ccc([N+](=O)[O-])cc2)cc1)c1ccc([N+](=O)[O-])cc1. The zero-order valence-electron chi connectivity index (χ0n) is 14.3. The number of nitro benzene ring substituents is 2. The van der Waals surface area contributed by atoms with Gasteiger partial charge in [-0.2, -0.15) is 0 Å². The second-order valence-electron chi connectivity index (χ2n) is 5.84. The monoisotopic (exact) mass is 376 g/mol. The smallest absolute Gasteiger partial charge is 0.269 e. The maximum Gasteiger partial charge on any atom is 0.269 e. The highest BCUT2D eigenvalue weighted by Gasteiger charge is 2.14. The van der Waals surface area contributed by atoms with Crippen LogP contribution in [0, 0.1) is 20.2 Å².